The molecule has 12 heteroatoms. The van der Waals surface area contributed by atoms with E-state index >= 15 is 0 Å². The van der Waals surface area contributed by atoms with Crippen LogP contribution in [0.4, 0.5) is 0 Å². The largest absolute Gasteiger partial charge is 0.494 e. The van der Waals surface area contributed by atoms with Gasteiger partial charge >= 0.3 is 0 Å². The van der Waals surface area contributed by atoms with E-state index in [9.17, 15) is 19.8 Å². The topological polar surface area (TPSA) is 154 Å². The Kier molecular flexibility index (Phi) is 22.0. The van der Waals surface area contributed by atoms with Crippen molar-refractivity contribution in [3.63, 3.8) is 0 Å². The Balaban J connectivity index is 0.704. The molecule has 0 radical (unpaired) electrons. The van der Waals surface area contributed by atoms with Crippen molar-refractivity contribution in [3.05, 3.63) is 251 Å². The fourth-order valence-electron chi connectivity index (χ4n) is 8.94. The summed E-state index contributed by atoms with van der Waals surface area (Å²) in [6.45, 7) is 6.33. The van der Waals surface area contributed by atoms with Crippen LogP contribution in [0.1, 0.15) is 96.2 Å². The lowest BCUT2D eigenvalue weighted by molar-refractivity contribution is -0.130. The summed E-state index contributed by atoms with van der Waals surface area (Å²) in [5.74, 6) is 2.50. The highest BCUT2D eigenvalue weighted by molar-refractivity contribution is 5.83. The minimum absolute atomic E-state index is 0.249. The van der Waals surface area contributed by atoms with Gasteiger partial charge in [-0.1, -0.05) is 146 Å². The lowest BCUT2D eigenvalue weighted by atomic mass is 10.0. The molecule has 0 saturated carbocycles. The number of aliphatic hydroxyl groups excluding tert-OH is 2. The Hall–Kier alpha value is -8.58. The summed E-state index contributed by atoms with van der Waals surface area (Å²) in [6.07, 6.45) is 2.11. The summed E-state index contributed by atoms with van der Waals surface area (Å²) in [7, 11) is 0. The minimum Gasteiger partial charge on any atom is -0.494 e. The zero-order valence-electron chi connectivity index (χ0n) is 45.6. The number of benzene rings is 8. The average molecular weight is 1080 g/mol. The van der Waals surface area contributed by atoms with E-state index in [1.807, 2.05) is 184 Å². The van der Waals surface area contributed by atoms with E-state index in [2.05, 4.69) is 10.6 Å². The smallest absolute Gasteiger partial charge is 0.253 e. The van der Waals surface area contributed by atoms with E-state index in [0.29, 0.717) is 86.6 Å². The van der Waals surface area contributed by atoms with Crippen molar-refractivity contribution in [1.82, 2.24) is 10.6 Å². The normalized spacial score (nSPS) is 12.5. The molecule has 8 rings (SSSR count). The number of ether oxygens (including phenoxy) is 6. The second-order valence-corrected chi connectivity index (χ2v) is 20.0. The number of carbonyl (C=O) groups excluding carboxylic acids is 2. The molecule has 4 unspecified atom stereocenters. The van der Waals surface area contributed by atoms with Crippen LogP contribution in [0.5, 0.6) is 34.5 Å². The van der Waals surface area contributed by atoms with E-state index in [0.717, 1.165) is 70.6 Å². The molecule has 0 spiro atoms. The van der Waals surface area contributed by atoms with Gasteiger partial charge in [0, 0.05) is 24.2 Å². The van der Waals surface area contributed by atoms with Crippen LogP contribution in [-0.2, 0) is 48.9 Å². The van der Waals surface area contributed by atoms with Gasteiger partial charge in [0.2, 0.25) is 0 Å². The quantitative estimate of drug-likeness (QED) is 0.0309. The fourth-order valence-corrected chi connectivity index (χ4v) is 8.94. The summed E-state index contributed by atoms with van der Waals surface area (Å²) in [5, 5.41) is 28.4. The van der Waals surface area contributed by atoms with Crippen LogP contribution in [0.25, 0.3) is 0 Å². The van der Waals surface area contributed by atoms with Gasteiger partial charge < -0.3 is 49.3 Å². The molecule has 4 atom stereocenters. The van der Waals surface area contributed by atoms with E-state index in [-0.39, 0.29) is 12.1 Å². The molecule has 8 aromatic rings. The SMILES string of the molecule is CC(Cc1ccc(OCCCCCCOc2ccc(CC(C)NC(=O)C(O)c3cc(OCc4ccccc4)cc(OCc4ccccc4)c3)cc2)cc1)NC(=O)C(O)c1cc(OCc2ccccc2)cc(OCc2ccccc2)c1. The maximum atomic E-state index is 13.4. The molecule has 80 heavy (non-hydrogen) atoms. The first-order valence-electron chi connectivity index (χ1n) is 27.5. The van der Waals surface area contributed by atoms with Crippen LogP contribution in [0.2, 0.25) is 0 Å². The van der Waals surface area contributed by atoms with Crippen molar-refractivity contribution in [1.29, 1.82) is 0 Å². The lowest BCUT2D eigenvalue weighted by Gasteiger charge is -2.19. The molecular weight excluding hydrogens is 1000 g/mol. The van der Waals surface area contributed by atoms with Crippen LogP contribution in [-0.4, -0.2) is 47.3 Å². The molecular formula is C68H72N2O10. The summed E-state index contributed by atoms with van der Waals surface area (Å²) in [4.78, 5) is 26.7. The zero-order valence-corrected chi connectivity index (χ0v) is 45.6. The maximum Gasteiger partial charge on any atom is 0.253 e. The van der Waals surface area contributed by atoms with Crippen molar-refractivity contribution in [3.8, 4) is 34.5 Å². The third-order valence-corrected chi connectivity index (χ3v) is 13.2. The van der Waals surface area contributed by atoms with Crippen LogP contribution in [0.15, 0.2) is 206 Å². The predicted molar refractivity (Wildman–Crippen MR) is 311 cm³/mol. The Morgan fingerprint density at radius 2 is 0.637 bits per heavy atom. The van der Waals surface area contributed by atoms with Crippen LogP contribution in [0.3, 0.4) is 0 Å². The molecule has 0 aliphatic carbocycles. The highest BCUT2D eigenvalue weighted by Gasteiger charge is 2.23. The van der Waals surface area contributed by atoms with Gasteiger partial charge in [0.25, 0.3) is 11.8 Å². The third-order valence-electron chi connectivity index (χ3n) is 13.2. The highest BCUT2D eigenvalue weighted by atomic mass is 16.5. The number of hydrogen-bond acceptors (Lipinski definition) is 10. The minimum atomic E-state index is -1.43. The molecule has 0 heterocycles. The Bertz CT molecular complexity index is 2770. The lowest BCUT2D eigenvalue weighted by Crippen LogP contribution is -2.37. The van der Waals surface area contributed by atoms with Gasteiger partial charge in [-0.3, -0.25) is 9.59 Å². The number of nitrogens with one attached hydrogen (secondary N) is 2. The third kappa shape index (κ3) is 19.1. The van der Waals surface area contributed by atoms with Gasteiger partial charge in [-0.05, 0) is 145 Å². The van der Waals surface area contributed by atoms with Crippen molar-refractivity contribution in [2.24, 2.45) is 0 Å². The van der Waals surface area contributed by atoms with E-state index in [1.165, 1.54) is 0 Å². The van der Waals surface area contributed by atoms with Crippen LogP contribution < -0.4 is 39.1 Å². The molecule has 12 nitrogen and oxygen atoms in total. The van der Waals surface area contributed by atoms with Gasteiger partial charge in [-0.15, -0.1) is 0 Å². The summed E-state index contributed by atoms with van der Waals surface area (Å²) >= 11 is 0. The number of carbonyl (C=O) groups is 2. The number of hydrogen-bond donors (Lipinski definition) is 4. The number of rotatable bonds is 31. The van der Waals surface area contributed by atoms with Crippen LogP contribution in [0, 0.1) is 0 Å². The predicted octanol–water partition coefficient (Wildman–Crippen LogP) is 12.6. The second kappa shape index (κ2) is 30.5. The fraction of sp³-hybridized carbons (Fsp3) is 0.265. The Morgan fingerprint density at radius 1 is 0.350 bits per heavy atom. The van der Waals surface area contributed by atoms with Crippen molar-refractivity contribution in [2.75, 3.05) is 13.2 Å². The first kappa shape index (κ1) is 57.6. The monoisotopic (exact) mass is 1080 g/mol. The Labute approximate surface area is 470 Å². The van der Waals surface area contributed by atoms with Gasteiger partial charge in [0.05, 0.1) is 13.2 Å². The second-order valence-electron chi connectivity index (χ2n) is 20.0. The van der Waals surface area contributed by atoms with Crippen LogP contribution >= 0.6 is 0 Å². The van der Waals surface area contributed by atoms with Crippen molar-refractivity contribution < 1.29 is 48.2 Å². The molecule has 414 valence electrons. The first-order chi connectivity index (χ1) is 39.1. The maximum absolute atomic E-state index is 13.4. The van der Waals surface area contributed by atoms with Gasteiger partial charge in [0.1, 0.15) is 60.9 Å². The highest BCUT2D eigenvalue weighted by Crippen LogP contribution is 2.31. The van der Waals surface area contributed by atoms with Gasteiger partial charge in [0.15, 0.2) is 12.2 Å². The molecule has 0 bridgehead atoms. The number of unbranched alkanes of at least 4 members (excludes halogenated alkanes) is 3. The molecule has 0 aromatic heterocycles. The van der Waals surface area contributed by atoms with Crippen molar-refractivity contribution in [2.45, 2.75) is 103 Å². The summed E-state index contributed by atoms with van der Waals surface area (Å²) in [6, 6.07) is 64.7. The molecule has 0 saturated heterocycles. The molecule has 8 aromatic carbocycles. The molecule has 0 aliphatic heterocycles. The molecule has 0 fully saturated rings. The Morgan fingerprint density at radius 3 is 0.925 bits per heavy atom. The standard InChI is InChI=1S/C68H72N2O10/c1-49(69-67(73)65(71)57-39-61(77-45-53-19-9-5-10-20-53)43-62(40-57)78-46-54-21-11-6-12-22-54)37-51-27-31-59(32-28-51)75-35-17-3-4-18-36-76-60-33-29-52(30-34-60)38-50(2)70-68(74)66(72)58-41-63(79-47-55-23-13-7-14-24-55)44-64(42-58)80-48-56-25-15-8-16-26-56/h5-16,19-34,39-44,49-50,65-66,71-72H,3-4,17-18,35-38,45-48H2,1-2H3,(H,69,73)(H,70,74). The molecule has 4 N–H and O–H groups in total. The van der Waals surface area contributed by atoms with E-state index < -0.39 is 24.0 Å². The molecule has 2 amide bonds. The average Bonchev–Trinajstić information content (AvgIpc) is 3.49. The summed E-state index contributed by atoms with van der Waals surface area (Å²) < 4.78 is 36.4. The van der Waals surface area contributed by atoms with E-state index in [1.54, 1.807) is 36.4 Å². The first-order valence-corrected chi connectivity index (χ1v) is 27.5. The summed E-state index contributed by atoms with van der Waals surface area (Å²) in [5.41, 5.74) is 6.78. The van der Waals surface area contributed by atoms with Gasteiger partial charge in [-0.25, -0.2) is 0 Å². The zero-order chi connectivity index (χ0) is 55.7. The number of aliphatic hydroxyl groups is 2. The van der Waals surface area contributed by atoms with Gasteiger partial charge in [-0.2, -0.15) is 0 Å². The van der Waals surface area contributed by atoms with E-state index in [4.69, 9.17) is 28.4 Å². The number of amides is 2. The van der Waals surface area contributed by atoms with Crippen molar-refractivity contribution >= 4 is 11.8 Å². The molecule has 0 aliphatic rings.